The SMILES string of the molecule is CCCC(CC)(CC)c1cccc(CC)c1. The van der Waals surface area contributed by atoms with Crippen molar-refractivity contribution in [1.82, 2.24) is 0 Å². The Kier molecular flexibility index (Phi) is 5.05. The Hall–Kier alpha value is -0.780. The highest BCUT2D eigenvalue weighted by atomic mass is 14.3. The third-order valence-corrected chi connectivity index (χ3v) is 4.03. The minimum Gasteiger partial charge on any atom is -0.0654 e. The first-order valence-electron chi connectivity index (χ1n) is 6.81. The van der Waals surface area contributed by atoms with E-state index in [0.717, 1.165) is 6.42 Å². The van der Waals surface area contributed by atoms with Crippen molar-refractivity contribution in [1.29, 1.82) is 0 Å². The molecule has 1 aromatic rings. The Morgan fingerprint density at radius 3 is 2.19 bits per heavy atom. The van der Waals surface area contributed by atoms with Crippen LogP contribution in [0.1, 0.15) is 64.5 Å². The largest absolute Gasteiger partial charge is 0.0654 e. The van der Waals surface area contributed by atoms with Crippen LogP contribution in [0.25, 0.3) is 0 Å². The predicted molar refractivity (Wildman–Crippen MR) is 73.0 cm³/mol. The van der Waals surface area contributed by atoms with E-state index < -0.39 is 0 Å². The van der Waals surface area contributed by atoms with Gasteiger partial charge in [-0.3, -0.25) is 0 Å². The van der Waals surface area contributed by atoms with Crippen LogP contribution in [0.15, 0.2) is 24.3 Å². The molecule has 0 unspecified atom stereocenters. The fourth-order valence-electron chi connectivity index (χ4n) is 2.76. The molecule has 0 spiro atoms. The molecule has 0 bridgehead atoms. The van der Waals surface area contributed by atoms with E-state index in [9.17, 15) is 0 Å². The minimum absolute atomic E-state index is 0.417. The highest BCUT2D eigenvalue weighted by molar-refractivity contribution is 5.30. The maximum atomic E-state index is 2.42. The standard InChI is InChI=1S/C16H26/c1-5-12-16(7-3,8-4)15-11-9-10-14(6-2)13-15/h9-11,13H,5-8,12H2,1-4H3. The maximum absolute atomic E-state index is 2.42. The molecule has 0 amide bonds. The van der Waals surface area contributed by atoms with Gasteiger partial charge >= 0.3 is 0 Å². The van der Waals surface area contributed by atoms with Gasteiger partial charge in [0, 0.05) is 0 Å². The van der Waals surface area contributed by atoms with Gasteiger partial charge in [0.1, 0.15) is 0 Å². The molecular formula is C16H26. The van der Waals surface area contributed by atoms with Gasteiger partial charge in [0.25, 0.3) is 0 Å². The second-order valence-electron chi connectivity index (χ2n) is 4.79. The molecule has 1 aromatic carbocycles. The molecule has 0 heterocycles. The summed E-state index contributed by atoms with van der Waals surface area (Å²) in [5.41, 5.74) is 3.44. The number of hydrogen-bond acceptors (Lipinski definition) is 0. The summed E-state index contributed by atoms with van der Waals surface area (Å²) < 4.78 is 0. The van der Waals surface area contributed by atoms with E-state index in [1.165, 1.54) is 31.2 Å². The van der Waals surface area contributed by atoms with E-state index in [1.54, 1.807) is 5.56 Å². The Morgan fingerprint density at radius 1 is 1.00 bits per heavy atom. The van der Waals surface area contributed by atoms with Gasteiger partial charge in [0.2, 0.25) is 0 Å². The Labute approximate surface area is 101 Å². The molecule has 1 rings (SSSR count). The summed E-state index contributed by atoms with van der Waals surface area (Å²) in [6, 6.07) is 9.21. The summed E-state index contributed by atoms with van der Waals surface area (Å²) in [4.78, 5) is 0. The Balaban J connectivity index is 3.08. The van der Waals surface area contributed by atoms with Crippen molar-refractivity contribution in [2.24, 2.45) is 0 Å². The van der Waals surface area contributed by atoms with Gasteiger partial charge in [0.05, 0.1) is 0 Å². The molecule has 0 atom stereocenters. The lowest BCUT2D eigenvalue weighted by atomic mass is 9.72. The van der Waals surface area contributed by atoms with Gasteiger partial charge in [-0.15, -0.1) is 0 Å². The molecule has 90 valence electrons. The van der Waals surface area contributed by atoms with E-state index in [-0.39, 0.29) is 0 Å². The topological polar surface area (TPSA) is 0 Å². The smallest absolute Gasteiger partial charge is 0.00522 e. The first-order valence-corrected chi connectivity index (χ1v) is 6.81. The second-order valence-corrected chi connectivity index (χ2v) is 4.79. The lowest BCUT2D eigenvalue weighted by Crippen LogP contribution is -2.24. The molecule has 0 aliphatic carbocycles. The highest BCUT2D eigenvalue weighted by Crippen LogP contribution is 2.36. The van der Waals surface area contributed by atoms with Crippen molar-refractivity contribution in [2.75, 3.05) is 0 Å². The summed E-state index contributed by atoms with van der Waals surface area (Å²) in [6.07, 6.45) is 6.24. The lowest BCUT2D eigenvalue weighted by Gasteiger charge is -2.32. The van der Waals surface area contributed by atoms with Crippen molar-refractivity contribution in [2.45, 2.75) is 65.2 Å². The normalized spacial score (nSPS) is 11.8. The summed E-state index contributed by atoms with van der Waals surface area (Å²) >= 11 is 0. The fourth-order valence-corrected chi connectivity index (χ4v) is 2.76. The Morgan fingerprint density at radius 2 is 1.69 bits per heavy atom. The number of rotatable bonds is 6. The minimum atomic E-state index is 0.417. The molecule has 0 saturated carbocycles. The van der Waals surface area contributed by atoms with Gasteiger partial charge in [-0.2, -0.15) is 0 Å². The van der Waals surface area contributed by atoms with E-state index in [1.807, 2.05) is 0 Å². The van der Waals surface area contributed by atoms with Crippen LogP contribution in [-0.2, 0) is 11.8 Å². The third kappa shape index (κ3) is 2.66. The van der Waals surface area contributed by atoms with Crippen molar-refractivity contribution in [3.63, 3.8) is 0 Å². The van der Waals surface area contributed by atoms with Gasteiger partial charge in [-0.1, -0.05) is 58.4 Å². The van der Waals surface area contributed by atoms with Crippen molar-refractivity contribution in [3.8, 4) is 0 Å². The third-order valence-electron chi connectivity index (χ3n) is 4.03. The molecule has 0 saturated heterocycles. The molecule has 0 nitrogen and oxygen atoms in total. The van der Waals surface area contributed by atoms with Crippen molar-refractivity contribution in [3.05, 3.63) is 35.4 Å². The zero-order valence-electron chi connectivity index (χ0n) is 11.3. The second kappa shape index (κ2) is 6.08. The first kappa shape index (κ1) is 13.3. The fraction of sp³-hybridized carbons (Fsp3) is 0.625. The molecule has 0 heteroatoms. The first-order chi connectivity index (χ1) is 7.72. The summed E-state index contributed by atoms with van der Waals surface area (Å²) in [5, 5.41) is 0. The summed E-state index contributed by atoms with van der Waals surface area (Å²) in [5.74, 6) is 0. The zero-order valence-corrected chi connectivity index (χ0v) is 11.3. The van der Waals surface area contributed by atoms with Crippen LogP contribution in [0.3, 0.4) is 0 Å². The molecule has 0 radical (unpaired) electrons. The molecule has 0 fully saturated rings. The van der Waals surface area contributed by atoms with E-state index in [0.29, 0.717) is 5.41 Å². The van der Waals surface area contributed by atoms with E-state index >= 15 is 0 Å². The monoisotopic (exact) mass is 218 g/mol. The van der Waals surface area contributed by atoms with Crippen molar-refractivity contribution < 1.29 is 0 Å². The van der Waals surface area contributed by atoms with Crippen LogP contribution in [0.4, 0.5) is 0 Å². The molecule has 0 aromatic heterocycles. The number of benzene rings is 1. The average molecular weight is 218 g/mol. The molecule has 0 aliphatic rings. The van der Waals surface area contributed by atoms with Gasteiger partial charge < -0.3 is 0 Å². The predicted octanol–water partition coefficient (Wildman–Crippen LogP) is 5.11. The molecule has 0 N–H and O–H groups in total. The highest BCUT2D eigenvalue weighted by Gasteiger charge is 2.27. The average Bonchev–Trinajstić information content (AvgIpc) is 2.36. The summed E-state index contributed by atoms with van der Waals surface area (Å²) in [7, 11) is 0. The lowest BCUT2D eigenvalue weighted by molar-refractivity contribution is 0.361. The zero-order chi connectivity index (χ0) is 12.0. The van der Waals surface area contributed by atoms with Crippen LogP contribution in [0.2, 0.25) is 0 Å². The Bertz CT molecular complexity index is 308. The van der Waals surface area contributed by atoms with Crippen LogP contribution < -0.4 is 0 Å². The molecular weight excluding hydrogens is 192 g/mol. The van der Waals surface area contributed by atoms with E-state index in [4.69, 9.17) is 0 Å². The van der Waals surface area contributed by atoms with Crippen LogP contribution >= 0.6 is 0 Å². The molecule has 0 aliphatic heterocycles. The van der Waals surface area contributed by atoms with Gasteiger partial charge in [0.15, 0.2) is 0 Å². The maximum Gasteiger partial charge on any atom is -0.00522 e. The summed E-state index contributed by atoms with van der Waals surface area (Å²) in [6.45, 7) is 9.19. The number of hydrogen-bond donors (Lipinski definition) is 0. The van der Waals surface area contributed by atoms with E-state index in [2.05, 4.69) is 52.0 Å². The number of aryl methyl sites for hydroxylation is 1. The van der Waals surface area contributed by atoms with Gasteiger partial charge in [-0.05, 0) is 42.2 Å². The van der Waals surface area contributed by atoms with Crippen LogP contribution in [0.5, 0.6) is 0 Å². The van der Waals surface area contributed by atoms with Crippen LogP contribution in [0, 0.1) is 0 Å². The quantitative estimate of drug-likeness (QED) is 0.622. The van der Waals surface area contributed by atoms with Crippen molar-refractivity contribution >= 4 is 0 Å². The van der Waals surface area contributed by atoms with Crippen LogP contribution in [-0.4, -0.2) is 0 Å². The van der Waals surface area contributed by atoms with Gasteiger partial charge in [-0.25, -0.2) is 0 Å². The molecule has 16 heavy (non-hydrogen) atoms.